The number of amides is 1. The van der Waals surface area contributed by atoms with Crippen LogP contribution in [-0.4, -0.2) is 69.5 Å². The third-order valence-electron chi connectivity index (χ3n) is 4.89. The highest BCUT2D eigenvalue weighted by atomic mass is 79.9. The molecular formula is C20H21BrF4N4O6. The first-order chi connectivity index (χ1) is 16.2. The minimum atomic E-state index is -5.08. The number of aromatic nitrogens is 2. The standard InChI is InChI=1S/C18H20BrFN4O4.C2HF3O2/c1-23-5-6-28-9-13(23)16-22-14(15(25)18(27)24(16)2)17(26)21-8-10-3-4-12(20)11(19)7-10;3-2(4,5)1(6)7/h3-4,7,13,25H,5-6,8-9H2,1-2H3,(H,21,26);(H,6,7). The van der Waals surface area contributed by atoms with Crippen molar-refractivity contribution in [1.82, 2.24) is 19.8 Å². The van der Waals surface area contributed by atoms with Gasteiger partial charge < -0.3 is 20.3 Å². The van der Waals surface area contributed by atoms with E-state index in [0.717, 1.165) is 0 Å². The Bertz CT molecular complexity index is 1160. The molecule has 2 heterocycles. The predicted octanol–water partition coefficient (Wildman–Crippen LogP) is 1.95. The maximum absolute atomic E-state index is 13.3. The van der Waals surface area contributed by atoms with E-state index in [-0.39, 0.29) is 22.8 Å². The van der Waals surface area contributed by atoms with Crippen molar-refractivity contribution >= 4 is 27.8 Å². The van der Waals surface area contributed by atoms with Gasteiger partial charge in [-0.1, -0.05) is 6.07 Å². The second kappa shape index (κ2) is 11.6. The Kier molecular flexibility index (Phi) is 9.34. The second-order valence-corrected chi connectivity index (χ2v) is 8.19. The second-order valence-electron chi connectivity index (χ2n) is 7.34. The number of hydrogen-bond acceptors (Lipinski definition) is 7. The molecule has 15 heteroatoms. The number of nitrogens with one attached hydrogen (secondary N) is 1. The zero-order chi connectivity index (χ0) is 26.5. The molecule has 1 aromatic heterocycles. The molecule has 0 radical (unpaired) electrons. The maximum atomic E-state index is 13.3. The summed E-state index contributed by atoms with van der Waals surface area (Å²) >= 11 is 3.09. The number of rotatable bonds is 4. The van der Waals surface area contributed by atoms with Crippen molar-refractivity contribution in [2.45, 2.75) is 18.8 Å². The monoisotopic (exact) mass is 568 g/mol. The van der Waals surface area contributed by atoms with E-state index in [1.807, 2.05) is 11.9 Å². The number of carbonyl (C=O) groups is 2. The molecule has 1 aromatic carbocycles. The fraction of sp³-hybridized carbons (Fsp3) is 0.400. The molecule has 1 aliphatic heterocycles. The fourth-order valence-corrected chi connectivity index (χ4v) is 3.36. The number of hydrogen-bond donors (Lipinski definition) is 3. The maximum Gasteiger partial charge on any atom is 0.490 e. The first-order valence-electron chi connectivity index (χ1n) is 9.84. The molecule has 3 N–H and O–H groups in total. The number of morpholine rings is 1. The summed E-state index contributed by atoms with van der Waals surface area (Å²) in [7, 11) is 3.36. The Morgan fingerprint density at radius 1 is 1.31 bits per heavy atom. The van der Waals surface area contributed by atoms with Crippen LogP contribution in [0.2, 0.25) is 0 Å². The Morgan fingerprint density at radius 3 is 2.49 bits per heavy atom. The molecule has 0 aliphatic carbocycles. The van der Waals surface area contributed by atoms with Crippen molar-refractivity contribution in [3.8, 4) is 5.75 Å². The fourth-order valence-electron chi connectivity index (χ4n) is 2.94. The van der Waals surface area contributed by atoms with E-state index < -0.39 is 35.2 Å². The Balaban J connectivity index is 0.000000540. The minimum absolute atomic E-state index is 0.0792. The van der Waals surface area contributed by atoms with Gasteiger partial charge in [0.2, 0.25) is 5.75 Å². The van der Waals surface area contributed by atoms with E-state index in [9.17, 15) is 32.3 Å². The van der Waals surface area contributed by atoms with Gasteiger partial charge in [0.05, 0.1) is 23.7 Å². The molecule has 1 aliphatic rings. The Morgan fingerprint density at radius 2 is 1.94 bits per heavy atom. The van der Waals surface area contributed by atoms with Gasteiger partial charge in [-0.15, -0.1) is 0 Å². The van der Waals surface area contributed by atoms with Crippen LogP contribution in [-0.2, 0) is 23.1 Å². The van der Waals surface area contributed by atoms with Gasteiger partial charge in [0.15, 0.2) is 5.69 Å². The van der Waals surface area contributed by atoms with Crippen molar-refractivity contribution in [2.24, 2.45) is 7.05 Å². The van der Waals surface area contributed by atoms with Crippen LogP contribution in [0.15, 0.2) is 27.5 Å². The zero-order valence-electron chi connectivity index (χ0n) is 18.4. The van der Waals surface area contributed by atoms with Crippen LogP contribution in [0.5, 0.6) is 5.75 Å². The number of ether oxygens (including phenoxy) is 1. The minimum Gasteiger partial charge on any atom is -0.501 e. The van der Waals surface area contributed by atoms with Crippen molar-refractivity contribution in [3.63, 3.8) is 0 Å². The average Bonchev–Trinajstić information content (AvgIpc) is 2.79. The molecule has 1 amide bonds. The number of halogens is 5. The quantitative estimate of drug-likeness (QED) is 0.476. The lowest BCUT2D eigenvalue weighted by atomic mass is 10.2. The SMILES string of the molecule is CN1CCOCC1c1nc(C(=O)NCc2ccc(F)c(Br)c2)c(O)c(=O)n1C.O=C(O)C(F)(F)F. The number of aliphatic carboxylic acids is 1. The van der Waals surface area contributed by atoms with Crippen LogP contribution in [0, 0.1) is 5.82 Å². The highest BCUT2D eigenvalue weighted by molar-refractivity contribution is 9.10. The molecule has 10 nitrogen and oxygen atoms in total. The first kappa shape index (κ1) is 28.2. The van der Waals surface area contributed by atoms with Gasteiger partial charge in [-0.3, -0.25) is 19.1 Å². The number of carboxylic acids is 1. The summed E-state index contributed by atoms with van der Waals surface area (Å²) in [5, 5.41) is 19.9. The van der Waals surface area contributed by atoms with Crippen molar-refractivity contribution in [2.75, 3.05) is 26.8 Å². The number of benzene rings is 1. The van der Waals surface area contributed by atoms with E-state index >= 15 is 0 Å². The number of nitrogens with zero attached hydrogens (tertiary/aromatic N) is 3. The average molecular weight is 569 g/mol. The number of alkyl halides is 3. The number of likely N-dealkylation sites (N-methyl/N-ethyl adjacent to an activating group) is 1. The third kappa shape index (κ3) is 7.22. The van der Waals surface area contributed by atoms with Crippen LogP contribution in [0.3, 0.4) is 0 Å². The smallest absolute Gasteiger partial charge is 0.490 e. The van der Waals surface area contributed by atoms with Gasteiger partial charge in [0, 0.05) is 20.1 Å². The molecule has 2 aromatic rings. The van der Waals surface area contributed by atoms with Crippen LogP contribution in [0.25, 0.3) is 0 Å². The molecule has 35 heavy (non-hydrogen) atoms. The highest BCUT2D eigenvalue weighted by Crippen LogP contribution is 2.22. The van der Waals surface area contributed by atoms with Crippen LogP contribution < -0.4 is 10.9 Å². The molecule has 1 unspecified atom stereocenters. The van der Waals surface area contributed by atoms with Gasteiger partial charge in [0.25, 0.3) is 11.5 Å². The summed E-state index contributed by atoms with van der Waals surface area (Å²) in [6, 6.07) is 4.02. The van der Waals surface area contributed by atoms with E-state index in [0.29, 0.717) is 31.1 Å². The van der Waals surface area contributed by atoms with Crippen molar-refractivity contribution in [1.29, 1.82) is 0 Å². The van der Waals surface area contributed by atoms with Crippen LogP contribution >= 0.6 is 15.9 Å². The largest absolute Gasteiger partial charge is 0.501 e. The predicted molar refractivity (Wildman–Crippen MR) is 116 cm³/mol. The molecule has 3 rings (SSSR count). The van der Waals surface area contributed by atoms with E-state index in [1.54, 1.807) is 0 Å². The summed E-state index contributed by atoms with van der Waals surface area (Å²) in [4.78, 5) is 40.1. The summed E-state index contributed by atoms with van der Waals surface area (Å²) in [6.45, 7) is 1.63. The summed E-state index contributed by atoms with van der Waals surface area (Å²) in [5.74, 6) is -4.25. The lowest BCUT2D eigenvalue weighted by Crippen LogP contribution is -2.41. The van der Waals surface area contributed by atoms with Crippen molar-refractivity contribution in [3.05, 3.63) is 55.9 Å². The van der Waals surface area contributed by atoms with Gasteiger partial charge in [-0.05, 0) is 40.7 Å². The number of aromatic hydroxyl groups is 1. The summed E-state index contributed by atoms with van der Waals surface area (Å²) < 4.78 is 52.0. The molecular weight excluding hydrogens is 548 g/mol. The lowest BCUT2D eigenvalue weighted by molar-refractivity contribution is -0.192. The normalized spacial score (nSPS) is 16.3. The zero-order valence-corrected chi connectivity index (χ0v) is 20.0. The summed E-state index contributed by atoms with van der Waals surface area (Å²) in [5.41, 5.74) is -0.414. The van der Waals surface area contributed by atoms with Crippen LogP contribution in [0.1, 0.15) is 27.9 Å². The molecule has 0 spiro atoms. The topological polar surface area (TPSA) is 134 Å². The molecule has 192 valence electrons. The van der Waals surface area contributed by atoms with Crippen LogP contribution in [0.4, 0.5) is 17.6 Å². The molecule has 0 bridgehead atoms. The van der Waals surface area contributed by atoms with E-state index in [1.165, 1.54) is 29.8 Å². The van der Waals surface area contributed by atoms with Gasteiger partial charge in [-0.25, -0.2) is 14.2 Å². The van der Waals surface area contributed by atoms with Crippen molar-refractivity contribution < 1.29 is 42.1 Å². The van der Waals surface area contributed by atoms with E-state index in [2.05, 4.69) is 26.2 Å². The highest BCUT2D eigenvalue weighted by Gasteiger charge is 2.38. The number of carboxylic acid groups (broad SMARTS) is 1. The first-order valence-corrected chi connectivity index (χ1v) is 10.6. The third-order valence-corrected chi connectivity index (χ3v) is 5.50. The van der Waals surface area contributed by atoms with Gasteiger partial charge in [-0.2, -0.15) is 13.2 Å². The summed E-state index contributed by atoms with van der Waals surface area (Å²) in [6.07, 6.45) is -5.08. The Labute approximate surface area is 204 Å². The molecule has 1 saturated heterocycles. The molecule has 1 fully saturated rings. The van der Waals surface area contributed by atoms with E-state index in [4.69, 9.17) is 14.6 Å². The van der Waals surface area contributed by atoms with Gasteiger partial charge in [0.1, 0.15) is 11.6 Å². The Hall–Kier alpha value is -3.04. The van der Waals surface area contributed by atoms with Gasteiger partial charge >= 0.3 is 12.1 Å². The molecule has 1 atom stereocenters. The number of carbonyl (C=O) groups excluding carboxylic acids is 1. The lowest BCUT2D eigenvalue weighted by Gasteiger charge is -2.32. The molecule has 0 saturated carbocycles.